The topological polar surface area (TPSA) is 6.48 Å². The third-order valence-electron chi connectivity index (χ3n) is 13.3. The molecule has 2 heteroatoms. The van der Waals surface area contributed by atoms with Gasteiger partial charge < -0.3 is 9.80 Å². The van der Waals surface area contributed by atoms with Crippen molar-refractivity contribution in [3.63, 3.8) is 0 Å². The Balaban J connectivity index is 1.03. The summed E-state index contributed by atoms with van der Waals surface area (Å²) < 4.78 is 0. The quantitative estimate of drug-likeness (QED) is 0.128. The van der Waals surface area contributed by atoms with Gasteiger partial charge in [-0.05, 0) is 157 Å². The summed E-state index contributed by atoms with van der Waals surface area (Å²) in [6, 6.07) is 84.3. The average molecular weight is 877 g/mol. The van der Waals surface area contributed by atoms with Crippen LogP contribution in [0.2, 0.25) is 0 Å². The number of hydrogen-bond acceptors (Lipinski definition) is 2. The summed E-state index contributed by atoms with van der Waals surface area (Å²) in [5, 5.41) is 0. The molecule has 0 aliphatic rings. The number of aryl methyl sites for hydroxylation is 6. The standard InChI is InChI=1S/C66H56N2/c1-45-23-37-59(38-24-45)67(65-47(3)15-13-21-61(65)55-31-27-53(28-32-55)51-17-9-7-10-18-51)63-41-35-57(43-49(63)5)58-36-42-64(50(6)44-58)68(60-39-25-46(2)26-40-60)66-48(4)16-14-22-62(66)56-33-29-54(30-34-56)52-19-11-8-12-20-52/h7-44H,1-6H3. The molecule has 0 N–H and O–H groups in total. The van der Waals surface area contributed by atoms with E-state index in [1.165, 1.54) is 100 Å². The first kappa shape index (κ1) is 43.7. The Bertz CT molecular complexity index is 3120. The Hall–Kier alpha value is -8.20. The highest BCUT2D eigenvalue weighted by Gasteiger charge is 2.24. The minimum Gasteiger partial charge on any atom is -0.309 e. The molecule has 0 aromatic heterocycles. The lowest BCUT2D eigenvalue weighted by atomic mass is 9.94. The van der Waals surface area contributed by atoms with E-state index in [9.17, 15) is 0 Å². The number of para-hydroxylation sites is 2. The zero-order valence-corrected chi connectivity index (χ0v) is 39.8. The molecule has 10 aromatic carbocycles. The van der Waals surface area contributed by atoms with E-state index in [1.807, 2.05) is 0 Å². The molecule has 0 fully saturated rings. The maximum absolute atomic E-state index is 2.46. The van der Waals surface area contributed by atoms with Crippen LogP contribution in [0.25, 0.3) is 55.6 Å². The van der Waals surface area contributed by atoms with Crippen LogP contribution in [-0.4, -0.2) is 0 Å². The molecule has 0 radical (unpaired) electrons. The van der Waals surface area contributed by atoms with Crippen molar-refractivity contribution in [2.75, 3.05) is 9.80 Å². The molecule has 10 rings (SSSR count). The summed E-state index contributed by atoms with van der Waals surface area (Å²) in [6.07, 6.45) is 0. The highest BCUT2D eigenvalue weighted by Crippen LogP contribution is 2.47. The Morgan fingerprint density at radius 2 is 0.559 bits per heavy atom. The first-order valence-corrected chi connectivity index (χ1v) is 23.7. The SMILES string of the molecule is Cc1ccc(N(c2ccc(-c3ccc(N(c4ccc(C)cc4)c4c(C)cccc4-c4ccc(-c5ccccc5)cc4)c(C)c3)cc2C)c2c(C)cccc2-c2ccc(-c3ccccc3)cc2)cc1. The second kappa shape index (κ2) is 19.0. The molecule has 330 valence electrons. The number of benzene rings is 10. The molecule has 2 nitrogen and oxygen atoms in total. The molecule has 0 atom stereocenters. The predicted octanol–water partition coefficient (Wildman–Crippen LogP) is 18.8. The summed E-state index contributed by atoms with van der Waals surface area (Å²) in [6.45, 7) is 13.3. The van der Waals surface area contributed by atoms with Crippen molar-refractivity contribution in [3.8, 4) is 55.6 Å². The fourth-order valence-corrected chi connectivity index (χ4v) is 9.66. The first-order valence-electron chi connectivity index (χ1n) is 23.7. The Morgan fingerprint density at radius 3 is 0.912 bits per heavy atom. The van der Waals surface area contributed by atoms with E-state index in [2.05, 4.69) is 282 Å². The van der Waals surface area contributed by atoms with E-state index in [-0.39, 0.29) is 0 Å². The van der Waals surface area contributed by atoms with Crippen molar-refractivity contribution in [2.24, 2.45) is 0 Å². The maximum Gasteiger partial charge on any atom is 0.0569 e. The van der Waals surface area contributed by atoms with E-state index < -0.39 is 0 Å². The van der Waals surface area contributed by atoms with Gasteiger partial charge in [-0.25, -0.2) is 0 Å². The van der Waals surface area contributed by atoms with Crippen molar-refractivity contribution in [3.05, 3.63) is 264 Å². The van der Waals surface area contributed by atoms with Crippen LogP contribution in [-0.2, 0) is 0 Å². The van der Waals surface area contributed by atoms with Gasteiger partial charge in [0.2, 0.25) is 0 Å². The van der Waals surface area contributed by atoms with Gasteiger partial charge in [0.15, 0.2) is 0 Å². The minimum atomic E-state index is 1.13. The fourth-order valence-electron chi connectivity index (χ4n) is 9.66. The smallest absolute Gasteiger partial charge is 0.0569 e. The van der Waals surface area contributed by atoms with Gasteiger partial charge in [-0.15, -0.1) is 0 Å². The van der Waals surface area contributed by atoms with E-state index in [1.54, 1.807) is 0 Å². The first-order chi connectivity index (χ1) is 33.2. The summed E-state index contributed by atoms with van der Waals surface area (Å²) in [5.74, 6) is 0. The molecular formula is C66H56N2. The molecule has 0 aliphatic heterocycles. The molecular weight excluding hydrogens is 821 g/mol. The molecule has 0 spiro atoms. The lowest BCUT2D eigenvalue weighted by Crippen LogP contribution is -2.14. The summed E-state index contributed by atoms with van der Waals surface area (Å²) >= 11 is 0. The van der Waals surface area contributed by atoms with Gasteiger partial charge >= 0.3 is 0 Å². The number of hydrogen-bond donors (Lipinski definition) is 0. The van der Waals surface area contributed by atoms with Crippen LogP contribution < -0.4 is 9.80 Å². The van der Waals surface area contributed by atoms with Crippen molar-refractivity contribution < 1.29 is 0 Å². The zero-order chi connectivity index (χ0) is 46.7. The van der Waals surface area contributed by atoms with Crippen LogP contribution in [0.4, 0.5) is 34.1 Å². The van der Waals surface area contributed by atoms with Crippen LogP contribution in [0, 0.1) is 41.5 Å². The number of anilines is 6. The molecule has 0 heterocycles. The largest absolute Gasteiger partial charge is 0.309 e. The second-order valence-electron chi connectivity index (χ2n) is 18.2. The monoisotopic (exact) mass is 876 g/mol. The molecule has 0 saturated carbocycles. The third kappa shape index (κ3) is 8.77. The predicted molar refractivity (Wildman–Crippen MR) is 291 cm³/mol. The lowest BCUT2D eigenvalue weighted by molar-refractivity contribution is 1.22. The average Bonchev–Trinajstić information content (AvgIpc) is 3.37. The maximum atomic E-state index is 2.46. The van der Waals surface area contributed by atoms with E-state index in [4.69, 9.17) is 0 Å². The van der Waals surface area contributed by atoms with Crippen LogP contribution in [0.5, 0.6) is 0 Å². The summed E-state index contributed by atoms with van der Waals surface area (Å²) in [4.78, 5) is 4.91. The van der Waals surface area contributed by atoms with Gasteiger partial charge in [0.25, 0.3) is 0 Å². The highest BCUT2D eigenvalue weighted by atomic mass is 15.2. The van der Waals surface area contributed by atoms with Crippen molar-refractivity contribution >= 4 is 34.1 Å². The molecule has 0 bridgehead atoms. The second-order valence-corrected chi connectivity index (χ2v) is 18.2. The van der Waals surface area contributed by atoms with Gasteiger partial charge in [0.05, 0.1) is 11.4 Å². The normalized spacial score (nSPS) is 11.1. The van der Waals surface area contributed by atoms with E-state index in [0.717, 1.165) is 22.7 Å². The van der Waals surface area contributed by atoms with E-state index in [0.29, 0.717) is 0 Å². The van der Waals surface area contributed by atoms with Crippen LogP contribution in [0.3, 0.4) is 0 Å². The molecule has 0 aliphatic carbocycles. The molecule has 10 aromatic rings. The van der Waals surface area contributed by atoms with Gasteiger partial charge in [-0.1, -0.05) is 193 Å². The molecule has 68 heavy (non-hydrogen) atoms. The zero-order valence-electron chi connectivity index (χ0n) is 39.8. The van der Waals surface area contributed by atoms with Gasteiger partial charge in [-0.3, -0.25) is 0 Å². The van der Waals surface area contributed by atoms with E-state index >= 15 is 0 Å². The van der Waals surface area contributed by atoms with Crippen LogP contribution in [0.15, 0.2) is 231 Å². The lowest BCUT2D eigenvalue weighted by Gasteiger charge is -2.31. The molecule has 0 saturated heterocycles. The Labute approximate surface area is 403 Å². The summed E-state index contributed by atoms with van der Waals surface area (Å²) in [5.41, 5.74) is 26.2. The Kier molecular flexibility index (Phi) is 12.2. The van der Waals surface area contributed by atoms with Crippen LogP contribution in [0.1, 0.15) is 33.4 Å². The third-order valence-corrected chi connectivity index (χ3v) is 13.3. The van der Waals surface area contributed by atoms with Crippen molar-refractivity contribution in [1.29, 1.82) is 0 Å². The van der Waals surface area contributed by atoms with Gasteiger partial charge in [0.1, 0.15) is 0 Å². The number of rotatable bonds is 11. The van der Waals surface area contributed by atoms with Crippen molar-refractivity contribution in [2.45, 2.75) is 41.5 Å². The fraction of sp³-hybridized carbons (Fsp3) is 0.0909. The van der Waals surface area contributed by atoms with Crippen LogP contribution >= 0.6 is 0 Å². The minimum absolute atomic E-state index is 1.13. The number of nitrogens with zero attached hydrogens (tertiary/aromatic N) is 2. The van der Waals surface area contributed by atoms with Gasteiger partial charge in [0, 0.05) is 33.9 Å². The van der Waals surface area contributed by atoms with Crippen molar-refractivity contribution in [1.82, 2.24) is 0 Å². The molecule has 0 unspecified atom stereocenters. The molecule has 0 amide bonds. The highest BCUT2D eigenvalue weighted by molar-refractivity contribution is 5.94. The van der Waals surface area contributed by atoms with Gasteiger partial charge in [-0.2, -0.15) is 0 Å². The Morgan fingerprint density at radius 1 is 0.235 bits per heavy atom. The summed E-state index contributed by atoms with van der Waals surface area (Å²) in [7, 11) is 0.